The summed E-state index contributed by atoms with van der Waals surface area (Å²) in [5.41, 5.74) is 7.29. The first-order valence-electron chi connectivity index (χ1n) is 8.50. The second-order valence-corrected chi connectivity index (χ2v) is 7.03. The Morgan fingerprint density at radius 2 is 2.04 bits per heavy atom. The Balaban J connectivity index is 1.73. The third-order valence-electron chi connectivity index (χ3n) is 4.54. The fourth-order valence-corrected chi connectivity index (χ4v) is 3.37. The monoisotopic (exact) mass is 365 g/mol. The van der Waals surface area contributed by atoms with Crippen LogP contribution < -0.4 is 10.7 Å². The molecule has 2 aliphatic heterocycles. The molecular weight excluding hydrogens is 346 g/mol. The quantitative estimate of drug-likeness (QED) is 0.867. The van der Waals surface area contributed by atoms with E-state index in [1.54, 1.807) is 6.20 Å². The van der Waals surface area contributed by atoms with Gasteiger partial charge in [-0.05, 0) is 49.2 Å². The zero-order chi connectivity index (χ0) is 18.1. The Bertz CT molecular complexity index is 902. The van der Waals surface area contributed by atoms with Crippen molar-refractivity contribution in [2.75, 3.05) is 0 Å². The van der Waals surface area contributed by atoms with Crippen LogP contribution in [0, 0.1) is 0 Å². The van der Waals surface area contributed by atoms with Crippen molar-refractivity contribution in [3.8, 4) is 0 Å². The summed E-state index contributed by atoms with van der Waals surface area (Å²) in [6.07, 6.45) is 7.64. The van der Waals surface area contributed by atoms with Crippen LogP contribution in [-0.4, -0.2) is 21.4 Å². The molecule has 1 aromatic heterocycles. The normalized spacial score (nSPS) is 21.8. The number of aliphatic imine (C=N–C) groups is 1. The van der Waals surface area contributed by atoms with Crippen molar-refractivity contribution in [3.05, 3.63) is 83.0 Å². The third-order valence-corrected chi connectivity index (χ3v) is 4.80. The minimum Gasteiger partial charge on any atom is -0.290 e. The molecule has 0 fully saturated rings. The van der Waals surface area contributed by atoms with Gasteiger partial charge in [0.25, 0.3) is 0 Å². The van der Waals surface area contributed by atoms with Gasteiger partial charge in [0.15, 0.2) is 5.82 Å². The van der Waals surface area contributed by atoms with E-state index in [4.69, 9.17) is 16.6 Å². The molecule has 0 bridgehead atoms. The fourth-order valence-electron chi connectivity index (χ4n) is 3.24. The highest BCUT2D eigenvalue weighted by molar-refractivity contribution is 6.30. The molecule has 1 atom stereocenters. The smallest absolute Gasteiger partial charge is 0.154 e. The summed E-state index contributed by atoms with van der Waals surface area (Å²) in [5.74, 6) is 0.897. The van der Waals surface area contributed by atoms with E-state index >= 15 is 0 Å². The Morgan fingerprint density at radius 3 is 2.77 bits per heavy atom. The van der Waals surface area contributed by atoms with Crippen LogP contribution in [0.1, 0.15) is 25.0 Å². The number of aromatic nitrogens is 1. The number of pyridine rings is 1. The van der Waals surface area contributed by atoms with Gasteiger partial charge in [-0.3, -0.25) is 15.3 Å². The van der Waals surface area contributed by atoms with Crippen molar-refractivity contribution < 1.29 is 0 Å². The van der Waals surface area contributed by atoms with E-state index < -0.39 is 5.66 Å². The summed E-state index contributed by atoms with van der Waals surface area (Å²) in [7, 11) is 0. The molecule has 1 aromatic carbocycles. The highest BCUT2D eigenvalue weighted by Gasteiger charge is 2.41. The van der Waals surface area contributed by atoms with E-state index in [0.29, 0.717) is 6.54 Å². The Morgan fingerprint density at radius 1 is 1.23 bits per heavy atom. The Labute approximate surface area is 158 Å². The predicted octanol–water partition coefficient (Wildman–Crippen LogP) is 3.72. The van der Waals surface area contributed by atoms with Crippen molar-refractivity contribution in [3.63, 3.8) is 0 Å². The van der Waals surface area contributed by atoms with Crippen LogP contribution in [0.5, 0.6) is 0 Å². The highest BCUT2D eigenvalue weighted by atomic mass is 35.5. The molecule has 1 unspecified atom stereocenters. The number of benzene rings is 1. The number of hydrazine groups is 1. The summed E-state index contributed by atoms with van der Waals surface area (Å²) >= 11 is 6.09. The van der Waals surface area contributed by atoms with Gasteiger partial charge in [-0.1, -0.05) is 29.8 Å². The number of nitrogens with zero attached hydrogens (tertiary/aromatic N) is 3. The largest absolute Gasteiger partial charge is 0.290 e. The van der Waals surface area contributed by atoms with Crippen LogP contribution in [0.15, 0.2) is 71.9 Å². The number of allylic oxidation sites excluding steroid dienone is 1. The molecule has 5 nitrogen and oxygen atoms in total. The van der Waals surface area contributed by atoms with Gasteiger partial charge < -0.3 is 0 Å². The van der Waals surface area contributed by atoms with E-state index in [9.17, 15) is 0 Å². The van der Waals surface area contributed by atoms with Gasteiger partial charge in [-0.25, -0.2) is 10.4 Å². The summed E-state index contributed by atoms with van der Waals surface area (Å²) in [4.78, 5) is 8.95. The lowest BCUT2D eigenvalue weighted by Gasteiger charge is -2.30. The molecule has 2 aromatic rings. The molecule has 0 radical (unpaired) electrons. The summed E-state index contributed by atoms with van der Waals surface area (Å²) in [6, 6.07) is 11.9. The first kappa shape index (κ1) is 17.0. The molecule has 26 heavy (non-hydrogen) atoms. The lowest BCUT2D eigenvalue weighted by atomic mass is 9.94. The second-order valence-electron chi connectivity index (χ2n) is 6.60. The van der Waals surface area contributed by atoms with Gasteiger partial charge in [-0.15, -0.1) is 0 Å². The average Bonchev–Trinajstić information content (AvgIpc) is 2.94. The van der Waals surface area contributed by atoms with Crippen molar-refractivity contribution in [1.29, 1.82) is 0 Å². The molecule has 3 heterocycles. The number of halogens is 1. The first-order chi connectivity index (χ1) is 12.5. The molecule has 2 aliphatic rings. The minimum absolute atomic E-state index is 0.489. The van der Waals surface area contributed by atoms with Crippen LogP contribution in [0.4, 0.5) is 0 Å². The summed E-state index contributed by atoms with van der Waals surface area (Å²) < 4.78 is 0. The fraction of sp³-hybridized carbons (Fsp3) is 0.200. The van der Waals surface area contributed by atoms with Crippen LogP contribution in [0.25, 0.3) is 5.57 Å². The van der Waals surface area contributed by atoms with Gasteiger partial charge in [0.05, 0.1) is 0 Å². The minimum atomic E-state index is -0.489. The molecule has 0 spiro atoms. The highest BCUT2D eigenvalue weighted by Crippen LogP contribution is 2.38. The maximum Gasteiger partial charge on any atom is 0.154 e. The van der Waals surface area contributed by atoms with Crippen LogP contribution >= 0.6 is 11.6 Å². The molecule has 132 valence electrons. The average molecular weight is 366 g/mol. The molecule has 4 rings (SSSR count). The predicted molar refractivity (Wildman–Crippen MR) is 105 cm³/mol. The van der Waals surface area contributed by atoms with Gasteiger partial charge >= 0.3 is 0 Å². The number of fused-ring (bicyclic) bond motifs is 1. The molecule has 2 N–H and O–H groups in total. The zero-order valence-corrected chi connectivity index (χ0v) is 15.5. The molecule has 0 saturated carbocycles. The summed E-state index contributed by atoms with van der Waals surface area (Å²) in [6.45, 7) is 4.80. The van der Waals surface area contributed by atoms with Crippen LogP contribution in [0.2, 0.25) is 5.02 Å². The van der Waals surface area contributed by atoms with E-state index in [1.807, 2.05) is 60.7 Å². The second kappa shape index (κ2) is 6.68. The molecule has 0 saturated heterocycles. The van der Waals surface area contributed by atoms with Gasteiger partial charge in [0.2, 0.25) is 0 Å². The molecule has 0 amide bonds. The van der Waals surface area contributed by atoms with E-state index in [2.05, 4.69) is 28.7 Å². The number of hydrogen-bond acceptors (Lipinski definition) is 5. The van der Waals surface area contributed by atoms with E-state index in [1.165, 1.54) is 0 Å². The Kier molecular flexibility index (Phi) is 4.36. The van der Waals surface area contributed by atoms with Crippen LogP contribution in [-0.2, 0) is 6.54 Å². The van der Waals surface area contributed by atoms with Gasteiger partial charge in [-0.2, -0.15) is 0 Å². The maximum atomic E-state index is 6.09. The lowest BCUT2D eigenvalue weighted by molar-refractivity contribution is 0.244. The van der Waals surface area contributed by atoms with E-state index in [-0.39, 0.29) is 0 Å². The van der Waals surface area contributed by atoms with Crippen LogP contribution in [0.3, 0.4) is 0 Å². The molecule has 6 heteroatoms. The topological polar surface area (TPSA) is 52.6 Å². The van der Waals surface area contributed by atoms with Crippen molar-refractivity contribution >= 4 is 22.9 Å². The van der Waals surface area contributed by atoms with Crippen molar-refractivity contribution in [2.24, 2.45) is 4.99 Å². The number of rotatable bonds is 4. The molecule has 0 aliphatic carbocycles. The standard InChI is InChI=1S/C20H20ClN5/c1-14-9-11-26-19(24-14)18(16-5-7-17(21)8-6-16)20(2,25-26)23-13-15-4-3-10-22-12-15/h3-12,23,25H,13H2,1-2H3. The van der Waals surface area contributed by atoms with Crippen molar-refractivity contribution in [1.82, 2.24) is 20.7 Å². The third kappa shape index (κ3) is 3.17. The maximum absolute atomic E-state index is 6.09. The lowest BCUT2D eigenvalue weighted by Crippen LogP contribution is -2.54. The molecular formula is C20H20ClN5. The van der Waals surface area contributed by atoms with E-state index in [0.717, 1.165) is 33.3 Å². The first-order valence-corrected chi connectivity index (χ1v) is 8.88. The Hall–Kier alpha value is -2.47. The number of hydrogen-bond donors (Lipinski definition) is 2. The van der Waals surface area contributed by atoms with Gasteiger partial charge in [0.1, 0.15) is 5.66 Å². The zero-order valence-electron chi connectivity index (χ0n) is 14.7. The van der Waals surface area contributed by atoms with Gasteiger partial charge in [0, 0.05) is 41.4 Å². The number of nitrogens with one attached hydrogen (secondary N) is 2. The van der Waals surface area contributed by atoms with Crippen molar-refractivity contribution in [2.45, 2.75) is 26.1 Å². The summed E-state index contributed by atoms with van der Waals surface area (Å²) in [5, 5.41) is 6.31. The SMILES string of the molecule is CC1=NC2=C(c3ccc(Cl)cc3)C(C)(NCc3cccnc3)NN2C=C1.